The summed E-state index contributed by atoms with van der Waals surface area (Å²) in [5.41, 5.74) is 2.76. The van der Waals surface area contributed by atoms with Crippen LogP contribution < -0.4 is 5.32 Å². The number of rotatable bonds is 6. The molecule has 1 saturated heterocycles. The minimum Gasteiger partial charge on any atom is -0.357 e. The summed E-state index contributed by atoms with van der Waals surface area (Å²) in [6.45, 7) is 5.41. The van der Waals surface area contributed by atoms with Crippen LogP contribution in [-0.4, -0.2) is 47.0 Å². The monoisotopic (exact) mass is 523 g/mol. The Bertz CT molecular complexity index is 815. The quantitative estimate of drug-likeness (QED) is 0.343. The van der Waals surface area contributed by atoms with Crippen molar-refractivity contribution in [1.29, 1.82) is 0 Å². The lowest BCUT2D eigenvalue weighted by Gasteiger charge is -2.31. The van der Waals surface area contributed by atoms with E-state index in [9.17, 15) is 4.21 Å². The molecule has 1 atom stereocenters. The van der Waals surface area contributed by atoms with Gasteiger partial charge in [-0.3, -0.25) is 9.20 Å². The summed E-state index contributed by atoms with van der Waals surface area (Å²) in [4.78, 5) is 7.92. The second-order valence-corrected chi connectivity index (χ2v) is 8.37. The lowest BCUT2D eigenvalue weighted by atomic mass is 10.0. The Morgan fingerprint density at radius 1 is 1.07 bits per heavy atom. The summed E-state index contributed by atoms with van der Waals surface area (Å²) in [5.74, 6) is 1.48. The number of piperidine rings is 1. The van der Waals surface area contributed by atoms with Crippen molar-refractivity contribution in [2.24, 2.45) is 4.99 Å². The van der Waals surface area contributed by atoms with Gasteiger partial charge in [-0.15, -0.1) is 24.0 Å². The van der Waals surface area contributed by atoms with Gasteiger partial charge < -0.3 is 10.2 Å². The van der Waals surface area contributed by atoms with Crippen molar-refractivity contribution in [3.63, 3.8) is 0 Å². The Hall–Kier alpha value is -1.67. The Morgan fingerprint density at radius 2 is 1.69 bits per heavy atom. The van der Waals surface area contributed by atoms with Gasteiger partial charge in [-0.25, -0.2) is 0 Å². The third-order valence-electron chi connectivity index (χ3n) is 4.75. The maximum atomic E-state index is 12.4. The summed E-state index contributed by atoms with van der Waals surface area (Å²) < 4.78 is 12.4. The van der Waals surface area contributed by atoms with Crippen LogP contribution in [0.15, 0.2) is 76.1 Å². The smallest absolute Gasteiger partial charge is 0.193 e. The predicted octanol–water partition coefficient (Wildman–Crippen LogP) is 4.56. The molecule has 0 bridgehead atoms. The molecular formula is C23H30IN3OS. The number of likely N-dealkylation sites (tertiary alicyclic amines) is 1. The fourth-order valence-corrected chi connectivity index (χ4v) is 4.24. The van der Waals surface area contributed by atoms with Gasteiger partial charge in [0.05, 0.1) is 17.3 Å². The van der Waals surface area contributed by atoms with Crippen molar-refractivity contribution in [3.05, 3.63) is 71.8 Å². The SMILES string of the molecule is CCNC(=NCCS(=O)c1ccccc1)N1CCC(=Cc2ccccc2)CC1.I. The van der Waals surface area contributed by atoms with Gasteiger partial charge in [0, 0.05) is 30.3 Å². The summed E-state index contributed by atoms with van der Waals surface area (Å²) in [5, 5.41) is 3.39. The second kappa shape index (κ2) is 12.8. The molecule has 4 nitrogen and oxygen atoms in total. The lowest BCUT2D eigenvalue weighted by Crippen LogP contribution is -2.44. The Morgan fingerprint density at radius 3 is 2.31 bits per heavy atom. The molecule has 2 aromatic carbocycles. The highest BCUT2D eigenvalue weighted by Gasteiger charge is 2.17. The van der Waals surface area contributed by atoms with Crippen molar-refractivity contribution in [2.45, 2.75) is 24.7 Å². The number of hydrogen-bond acceptors (Lipinski definition) is 2. The maximum absolute atomic E-state index is 12.4. The van der Waals surface area contributed by atoms with Crippen molar-refractivity contribution in [2.75, 3.05) is 31.9 Å². The highest BCUT2D eigenvalue weighted by atomic mass is 127. The number of nitrogens with zero attached hydrogens (tertiary/aromatic N) is 2. The molecule has 0 aromatic heterocycles. The third kappa shape index (κ3) is 7.59. The van der Waals surface area contributed by atoms with E-state index in [0.29, 0.717) is 12.3 Å². The number of hydrogen-bond donors (Lipinski definition) is 1. The van der Waals surface area contributed by atoms with E-state index >= 15 is 0 Å². The zero-order valence-corrected chi connectivity index (χ0v) is 20.1. The van der Waals surface area contributed by atoms with Crippen molar-refractivity contribution < 1.29 is 4.21 Å². The highest BCUT2D eigenvalue weighted by Crippen LogP contribution is 2.19. The molecule has 1 aliphatic heterocycles. The molecular weight excluding hydrogens is 493 g/mol. The fraction of sp³-hybridized carbons (Fsp3) is 0.348. The van der Waals surface area contributed by atoms with Gasteiger partial charge in [-0.2, -0.15) is 0 Å². The average Bonchev–Trinajstić information content (AvgIpc) is 2.75. The first-order chi connectivity index (χ1) is 13.8. The van der Waals surface area contributed by atoms with Crippen molar-refractivity contribution in [3.8, 4) is 0 Å². The molecule has 29 heavy (non-hydrogen) atoms. The van der Waals surface area contributed by atoms with E-state index in [-0.39, 0.29) is 24.0 Å². The first-order valence-corrected chi connectivity index (χ1v) is 11.3. The van der Waals surface area contributed by atoms with E-state index in [2.05, 4.69) is 53.5 Å². The van der Waals surface area contributed by atoms with Crippen LogP contribution in [0.3, 0.4) is 0 Å². The van der Waals surface area contributed by atoms with Gasteiger partial charge in [-0.1, -0.05) is 60.2 Å². The van der Waals surface area contributed by atoms with Gasteiger partial charge in [0.1, 0.15) is 0 Å². The van der Waals surface area contributed by atoms with Crippen LogP contribution >= 0.6 is 24.0 Å². The van der Waals surface area contributed by atoms with E-state index in [1.165, 1.54) is 11.1 Å². The van der Waals surface area contributed by atoms with Gasteiger partial charge in [-0.05, 0) is 37.5 Å². The van der Waals surface area contributed by atoms with Crippen LogP contribution in [-0.2, 0) is 10.8 Å². The molecule has 2 aromatic rings. The molecule has 156 valence electrons. The van der Waals surface area contributed by atoms with E-state index in [1.54, 1.807) is 0 Å². The Kier molecular flexibility index (Phi) is 10.4. The molecule has 3 rings (SSSR count). The summed E-state index contributed by atoms with van der Waals surface area (Å²) in [6, 6.07) is 20.1. The summed E-state index contributed by atoms with van der Waals surface area (Å²) in [7, 11) is -1.000. The number of benzene rings is 2. The third-order valence-corrected chi connectivity index (χ3v) is 6.11. The number of halogens is 1. The largest absolute Gasteiger partial charge is 0.357 e. The Balaban J connectivity index is 0.00000300. The van der Waals surface area contributed by atoms with E-state index in [0.717, 1.165) is 43.3 Å². The predicted molar refractivity (Wildman–Crippen MR) is 134 cm³/mol. The molecule has 0 spiro atoms. The zero-order chi connectivity index (χ0) is 19.6. The molecule has 0 radical (unpaired) electrons. The zero-order valence-electron chi connectivity index (χ0n) is 16.9. The topological polar surface area (TPSA) is 44.7 Å². The van der Waals surface area contributed by atoms with Crippen LogP contribution in [0.2, 0.25) is 0 Å². The van der Waals surface area contributed by atoms with Gasteiger partial charge >= 0.3 is 0 Å². The molecule has 0 aliphatic carbocycles. The van der Waals surface area contributed by atoms with E-state index < -0.39 is 10.8 Å². The molecule has 1 heterocycles. The number of guanidine groups is 1. The summed E-state index contributed by atoms with van der Waals surface area (Å²) >= 11 is 0. The fourth-order valence-electron chi connectivity index (χ4n) is 3.29. The van der Waals surface area contributed by atoms with Gasteiger partial charge in [0.25, 0.3) is 0 Å². The molecule has 1 aliphatic rings. The number of nitrogens with one attached hydrogen (secondary N) is 1. The molecule has 1 fully saturated rings. The molecule has 0 saturated carbocycles. The van der Waals surface area contributed by atoms with Gasteiger partial charge in [0.2, 0.25) is 0 Å². The van der Waals surface area contributed by atoms with Crippen LogP contribution in [0.1, 0.15) is 25.3 Å². The molecule has 6 heteroatoms. The first kappa shape index (κ1) is 23.6. The minimum absolute atomic E-state index is 0. The molecule has 0 amide bonds. The van der Waals surface area contributed by atoms with Crippen LogP contribution in [0, 0.1) is 0 Å². The minimum atomic E-state index is -1.000. The molecule has 1 N–H and O–H groups in total. The van der Waals surface area contributed by atoms with Crippen LogP contribution in [0.4, 0.5) is 0 Å². The van der Waals surface area contributed by atoms with E-state index in [1.807, 2.05) is 30.3 Å². The maximum Gasteiger partial charge on any atom is 0.193 e. The normalized spacial score (nSPS) is 15.4. The van der Waals surface area contributed by atoms with Gasteiger partial charge in [0.15, 0.2) is 5.96 Å². The standard InChI is InChI=1S/C23H29N3OS.HI/c1-2-24-23(25-15-18-28(27)22-11-7-4-8-12-22)26-16-13-21(14-17-26)19-20-9-5-3-6-10-20;/h3-12,19H,2,13-18H2,1H3,(H,24,25);1H. The second-order valence-electron chi connectivity index (χ2n) is 6.80. The summed E-state index contributed by atoms with van der Waals surface area (Å²) in [6.07, 6.45) is 4.41. The van der Waals surface area contributed by atoms with E-state index in [4.69, 9.17) is 4.99 Å². The first-order valence-electron chi connectivity index (χ1n) is 9.97. The van der Waals surface area contributed by atoms with Crippen molar-refractivity contribution >= 4 is 46.8 Å². The highest BCUT2D eigenvalue weighted by molar-refractivity contribution is 14.0. The van der Waals surface area contributed by atoms with Crippen LogP contribution in [0.25, 0.3) is 6.08 Å². The Labute approximate surface area is 194 Å². The molecule has 1 unspecified atom stereocenters. The van der Waals surface area contributed by atoms with Crippen LogP contribution in [0.5, 0.6) is 0 Å². The lowest BCUT2D eigenvalue weighted by molar-refractivity contribution is 0.376. The van der Waals surface area contributed by atoms with Crippen molar-refractivity contribution in [1.82, 2.24) is 10.2 Å². The number of aliphatic imine (C=N–C) groups is 1. The average molecular weight is 523 g/mol.